The Hall–Kier alpha value is -2.96. The number of carboxylic acids is 1. The van der Waals surface area contributed by atoms with Crippen molar-refractivity contribution in [2.45, 2.75) is 19.9 Å². The first kappa shape index (κ1) is 15.4. The number of hydrogen-bond acceptors (Lipinski definition) is 4. The Balaban J connectivity index is 2.07. The van der Waals surface area contributed by atoms with E-state index in [1.807, 2.05) is 0 Å². The van der Waals surface area contributed by atoms with Crippen molar-refractivity contribution >= 4 is 23.3 Å². The summed E-state index contributed by atoms with van der Waals surface area (Å²) in [5.74, 6) is -1.49. The van der Waals surface area contributed by atoms with Crippen LogP contribution in [0.4, 0.5) is 5.69 Å². The van der Waals surface area contributed by atoms with Crippen molar-refractivity contribution in [2.75, 3.05) is 5.32 Å². The monoisotopic (exact) mass is 301 g/mol. The van der Waals surface area contributed by atoms with Crippen molar-refractivity contribution < 1.29 is 19.5 Å². The molecule has 1 unspecified atom stereocenters. The van der Waals surface area contributed by atoms with Gasteiger partial charge in [-0.15, -0.1) is 0 Å². The van der Waals surface area contributed by atoms with Crippen LogP contribution in [0.3, 0.4) is 0 Å². The third kappa shape index (κ3) is 3.38. The van der Waals surface area contributed by atoms with Crippen molar-refractivity contribution in [3.63, 3.8) is 0 Å². The van der Waals surface area contributed by atoms with Gasteiger partial charge in [-0.25, -0.2) is 4.79 Å². The number of carbonyl (C=O) groups is 3. The van der Waals surface area contributed by atoms with Crippen molar-refractivity contribution in [1.82, 2.24) is 9.78 Å². The number of benzene rings is 1. The number of carboxylic acid groups (broad SMARTS) is 1. The molecule has 1 heterocycles. The normalized spacial score (nSPS) is 11.7. The Kier molecular flexibility index (Phi) is 4.36. The summed E-state index contributed by atoms with van der Waals surface area (Å²) in [5.41, 5.74) is 1.13. The highest BCUT2D eigenvalue weighted by molar-refractivity contribution is 5.96. The van der Waals surface area contributed by atoms with Crippen LogP contribution in [-0.4, -0.2) is 32.5 Å². The molecule has 0 saturated heterocycles. The highest BCUT2D eigenvalue weighted by Crippen LogP contribution is 2.14. The van der Waals surface area contributed by atoms with Crippen LogP contribution < -0.4 is 5.32 Å². The quantitative estimate of drug-likeness (QED) is 0.822. The van der Waals surface area contributed by atoms with Crippen LogP contribution in [0.25, 0.3) is 0 Å². The molecule has 0 aliphatic carbocycles. The molecule has 22 heavy (non-hydrogen) atoms. The van der Waals surface area contributed by atoms with Gasteiger partial charge < -0.3 is 10.4 Å². The molecule has 7 nitrogen and oxygen atoms in total. The smallest absolute Gasteiger partial charge is 0.338 e. The summed E-state index contributed by atoms with van der Waals surface area (Å²) in [7, 11) is 0. The molecule has 0 aliphatic rings. The zero-order valence-corrected chi connectivity index (χ0v) is 12.1. The van der Waals surface area contributed by atoms with Crippen LogP contribution in [0.2, 0.25) is 0 Å². The Morgan fingerprint density at radius 3 is 2.32 bits per heavy atom. The molecule has 0 radical (unpaired) electrons. The summed E-state index contributed by atoms with van der Waals surface area (Å²) in [6.45, 7) is 3.07. The van der Waals surface area contributed by atoms with Crippen molar-refractivity contribution in [3.05, 3.63) is 47.8 Å². The lowest BCUT2D eigenvalue weighted by molar-refractivity contribution is -0.119. The van der Waals surface area contributed by atoms with Gasteiger partial charge in [-0.3, -0.25) is 14.3 Å². The van der Waals surface area contributed by atoms with E-state index in [2.05, 4.69) is 10.4 Å². The molecule has 1 aromatic heterocycles. The zero-order valence-electron chi connectivity index (χ0n) is 12.1. The number of hydrogen-bond donors (Lipinski definition) is 2. The largest absolute Gasteiger partial charge is 0.478 e. The number of ketones is 1. The minimum atomic E-state index is -1.10. The predicted molar refractivity (Wildman–Crippen MR) is 79.0 cm³/mol. The molecule has 1 atom stereocenters. The third-order valence-corrected chi connectivity index (χ3v) is 3.18. The fraction of sp³-hybridized carbons (Fsp3) is 0.200. The number of nitrogens with one attached hydrogen (secondary N) is 1. The second-order valence-corrected chi connectivity index (χ2v) is 4.81. The molecule has 114 valence electrons. The fourth-order valence-corrected chi connectivity index (χ4v) is 1.82. The first-order valence-corrected chi connectivity index (χ1v) is 6.58. The maximum atomic E-state index is 12.1. The van der Waals surface area contributed by atoms with E-state index in [4.69, 9.17) is 5.11 Å². The van der Waals surface area contributed by atoms with Gasteiger partial charge in [0, 0.05) is 17.4 Å². The van der Waals surface area contributed by atoms with Gasteiger partial charge in [0.2, 0.25) is 5.91 Å². The van der Waals surface area contributed by atoms with Crippen molar-refractivity contribution in [3.8, 4) is 0 Å². The second-order valence-electron chi connectivity index (χ2n) is 4.81. The molecule has 1 aromatic carbocycles. The van der Waals surface area contributed by atoms with E-state index in [1.165, 1.54) is 24.0 Å². The maximum Gasteiger partial charge on any atom is 0.338 e. The van der Waals surface area contributed by atoms with Gasteiger partial charge in [0.1, 0.15) is 6.04 Å². The van der Waals surface area contributed by atoms with Gasteiger partial charge in [-0.2, -0.15) is 5.10 Å². The minimum Gasteiger partial charge on any atom is -0.478 e. The van der Waals surface area contributed by atoms with E-state index in [-0.39, 0.29) is 17.3 Å². The molecule has 0 spiro atoms. The highest BCUT2D eigenvalue weighted by atomic mass is 16.4. The Bertz CT molecular complexity index is 719. The lowest BCUT2D eigenvalue weighted by Crippen LogP contribution is -2.24. The predicted octanol–water partition coefficient (Wildman–Crippen LogP) is 1.98. The number of rotatable bonds is 5. The number of nitrogens with zero attached hydrogens (tertiary/aromatic N) is 2. The fourth-order valence-electron chi connectivity index (χ4n) is 1.82. The zero-order chi connectivity index (χ0) is 16.3. The number of anilines is 1. The van der Waals surface area contributed by atoms with Gasteiger partial charge in [0.05, 0.1) is 11.8 Å². The molecular weight excluding hydrogens is 286 g/mol. The summed E-state index contributed by atoms with van der Waals surface area (Å²) < 4.78 is 1.28. The number of carbonyl (C=O) groups excluding carboxylic acids is 2. The standard InChI is InChI=1S/C15H15N3O4/c1-9(18-8-12(7-16-18)15(21)22)14(20)17-13-5-3-11(4-6-13)10(2)19/h3-9H,1-2H3,(H,17,20)(H,21,22). The topological polar surface area (TPSA) is 101 Å². The van der Waals surface area contributed by atoms with Crippen LogP contribution in [0.15, 0.2) is 36.7 Å². The molecule has 1 amide bonds. The molecule has 2 aromatic rings. The van der Waals surface area contributed by atoms with Crippen LogP contribution in [0, 0.1) is 0 Å². The highest BCUT2D eigenvalue weighted by Gasteiger charge is 2.17. The maximum absolute atomic E-state index is 12.1. The molecule has 7 heteroatoms. The SMILES string of the molecule is CC(=O)c1ccc(NC(=O)C(C)n2cc(C(=O)O)cn2)cc1. The molecular formula is C15H15N3O4. The van der Waals surface area contributed by atoms with E-state index in [1.54, 1.807) is 31.2 Å². The van der Waals surface area contributed by atoms with Gasteiger partial charge in [0.25, 0.3) is 0 Å². The third-order valence-electron chi connectivity index (χ3n) is 3.18. The van der Waals surface area contributed by atoms with Crippen LogP contribution in [0.1, 0.15) is 40.6 Å². The molecule has 0 fully saturated rings. The summed E-state index contributed by atoms with van der Waals surface area (Å²) in [4.78, 5) is 34.1. The molecule has 2 N–H and O–H groups in total. The minimum absolute atomic E-state index is 0.0189. The lowest BCUT2D eigenvalue weighted by atomic mass is 10.1. The van der Waals surface area contributed by atoms with E-state index in [9.17, 15) is 14.4 Å². The Labute approximate surface area is 126 Å². The van der Waals surface area contributed by atoms with E-state index in [0.717, 1.165) is 0 Å². The summed E-state index contributed by atoms with van der Waals surface area (Å²) in [5, 5.41) is 15.4. The van der Waals surface area contributed by atoms with E-state index >= 15 is 0 Å². The van der Waals surface area contributed by atoms with E-state index < -0.39 is 12.0 Å². The first-order chi connectivity index (χ1) is 10.4. The number of aromatic carboxylic acids is 1. The average molecular weight is 301 g/mol. The second kappa shape index (κ2) is 6.21. The summed E-state index contributed by atoms with van der Waals surface area (Å²) >= 11 is 0. The van der Waals surface area contributed by atoms with Crippen LogP contribution >= 0.6 is 0 Å². The summed E-state index contributed by atoms with van der Waals surface area (Å²) in [6, 6.07) is 5.85. The summed E-state index contributed by atoms with van der Waals surface area (Å²) in [6.07, 6.45) is 2.49. The Morgan fingerprint density at radius 1 is 1.18 bits per heavy atom. The van der Waals surface area contributed by atoms with Crippen molar-refractivity contribution in [1.29, 1.82) is 0 Å². The van der Waals surface area contributed by atoms with Crippen molar-refractivity contribution in [2.24, 2.45) is 0 Å². The Morgan fingerprint density at radius 2 is 1.82 bits per heavy atom. The number of Topliss-reactive ketones (excluding diaryl/α,β-unsaturated/α-hetero) is 1. The van der Waals surface area contributed by atoms with Gasteiger partial charge in [-0.05, 0) is 38.1 Å². The van der Waals surface area contributed by atoms with E-state index in [0.29, 0.717) is 11.3 Å². The van der Waals surface area contributed by atoms with Gasteiger partial charge in [-0.1, -0.05) is 0 Å². The lowest BCUT2D eigenvalue weighted by Gasteiger charge is -2.12. The molecule has 0 bridgehead atoms. The van der Waals surface area contributed by atoms with Gasteiger partial charge in [0.15, 0.2) is 5.78 Å². The van der Waals surface area contributed by atoms with Crippen LogP contribution in [-0.2, 0) is 4.79 Å². The van der Waals surface area contributed by atoms with Gasteiger partial charge >= 0.3 is 5.97 Å². The molecule has 2 rings (SSSR count). The number of aromatic nitrogens is 2. The average Bonchev–Trinajstić information content (AvgIpc) is 2.97. The molecule has 0 saturated carbocycles. The first-order valence-electron chi connectivity index (χ1n) is 6.58. The molecule has 0 aliphatic heterocycles. The number of amides is 1. The van der Waals surface area contributed by atoms with Crippen LogP contribution in [0.5, 0.6) is 0 Å².